The molecule has 2 atom stereocenters. The summed E-state index contributed by atoms with van der Waals surface area (Å²) in [6.45, 7) is 6.29. The van der Waals surface area contributed by atoms with E-state index in [1.54, 1.807) is 50.4 Å². The van der Waals surface area contributed by atoms with Crippen LogP contribution < -0.4 is 20.1 Å². The Morgan fingerprint density at radius 2 is 1.97 bits per heavy atom. The molecule has 1 aliphatic rings. The number of hydrogen-bond donors (Lipinski definition) is 2. The first-order valence-corrected chi connectivity index (χ1v) is 9.73. The smallest absolute Gasteiger partial charge is 0.323 e. The zero-order valence-corrected chi connectivity index (χ0v) is 17.2. The molecule has 154 valence electrons. The van der Waals surface area contributed by atoms with E-state index in [2.05, 4.69) is 17.6 Å². The summed E-state index contributed by atoms with van der Waals surface area (Å²) in [4.78, 5) is 26.9. The van der Waals surface area contributed by atoms with Gasteiger partial charge in [-0.05, 0) is 50.6 Å². The molecule has 0 fully saturated rings. The van der Waals surface area contributed by atoms with Crippen LogP contribution >= 0.6 is 0 Å². The molecule has 0 radical (unpaired) electrons. The van der Waals surface area contributed by atoms with Gasteiger partial charge in [0, 0.05) is 35.6 Å². The summed E-state index contributed by atoms with van der Waals surface area (Å²) < 4.78 is 11.0. The molecule has 3 rings (SSSR count). The van der Waals surface area contributed by atoms with Crippen molar-refractivity contribution in [3.63, 3.8) is 0 Å². The van der Waals surface area contributed by atoms with Gasteiger partial charge in [0.2, 0.25) is 0 Å². The zero-order chi connectivity index (χ0) is 21.0. The fourth-order valence-corrected chi connectivity index (χ4v) is 3.22. The van der Waals surface area contributed by atoms with Crippen molar-refractivity contribution in [2.45, 2.75) is 45.9 Å². The Labute approximate surface area is 171 Å². The number of methoxy groups -OCH3 is 1. The molecule has 2 unspecified atom stereocenters. The summed E-state index contributed by atoms with van der Waals surface area (Å²) in [6, 6.07) is 12.3. The number of urea groups is 1. The fraction of sp³-hybridized carbons (Fsp3) is 0.364. The van der Waals surface area contributed by atoms with E-state index in [4.69, 9.17) is 9.47 Å². The molecule has 0 spiro atoms. The Kier molecular flexibility index (Phi) is 6.26. The van der Waals surface area contributed by atoms with Gasteiger partial charge in [-0.2, -0.15) is 0 Å². The van der Waals surface area contributed by atoms with Crippen molar-refractivity contribution in [2.75, 3.05) is 17.7 Å². The van der Waals surface area contributed by atoms with Crippen LogP contribution in [-0.4, -0.2) is 36.1 Å². The number of rotatable bonds is 5. The van der Waals surface area contributed by atoms with Gasteiger partial charge in [0.1, 0.15) is 11.5 Å². The number of carbonyl (C=O) groups excluding carboxylic acids is 2. The number of carbonyl (C=O) groups is 2. The van der Waals surface area contributed by atoms with Gasteiger partial charge in [-0.3, -0.25) is 4.79 Å². The SMILES string of the molecule is CCC(C)N1Cc2cc(NC(=O)Nc3cccc(OC)c3)ccc2OC(C)C1=O. The fourth-order valence-electron chi connectivity index (χ4n) is 3.22. The summed E-state index contributed by atoms with van der Waals surface area (Å²) in [7, 11) is 1.57. The highest BCUT2D eigenvalue weighted by Gasteiger charge is 2.30. The maximum atomic E-state index is 12.6. The minimum Gasteiger partial charge on any atom is -0.497 e. The second-order valence-electron chi connectivity index (χ2n) is 7.12. The van der Waals surface area contributed by atoms with E-state index in [0.717, 1.165) is 12.0 Å². The third-order valence-corrected chi connectivity index (χ3v) is 5.04. The largest absolute Gasteiger partial charge is 0.497 e. The van der Waals surface area contributed by atoms with Crippen LogP contribution in [0.4, 0.5) is 16.2 Å². The van der Waals surface area contributed by atoms with Crippen molar-refractivity contribution < 1.29 is 19.1 Å². The molecular formula is C22H27N3O4. The first-order valence-electron chi connectivity index (χ1n) is 9.73. The molecule has 2 aromatic carbocycles. The van der Waals surface area contributed by atoms with Gasteiger partial charge < -0.3 is 25.0 Å². The van der Waals surface area contributed by atoms with Crippen LogP contribution in [-0.2, 0) is 11.3 Å². The summed E-state index contributed by atoms with van der Waals surface area (Å²) in [5.74, 6) is 1.30. The molecular weight excluding hydrogens is 370 g/mol. The first kappa shape index (κ1) is 20.5. The molecule has 7 nitrogen and oxygen atoms in total. The Hall–Kier alpha value is -3.22. The van der Waals surface area contributed by atoms with Gasteiger partial charge in [0.15, 0.2) is 6.10 Å². The standard InChI is InChI=1S/C22H27N3O4/c1-5-14(2)25-13-16-11-18(9-10-20(16)29-15(3)21(25)26)24-22(27)23-17-7-6-8-19(12-17)28-4/h6-12,14-15H,5,13H2,1-4H3,(H2,23,24,27). The van der Waals surface area contributed by atoms with E-state index in [1.165, 1.54) is 0 Å². The van der Waals surface area contributed by atoms with E-state index in [9.17, 15) is 9.59 Å². The number of hydrogen-bond acceptors (Lipinski definition) is 4. The maximum absolute atomic E-state index is 12.6. The van der Waals surface area contributed by atoms with Gasteiger partial charge in [-0.1, -0.05) is 13.0 Å². The molecule has 1 heterocycles. The normalized spacial score (nSPS) is 16.9. The molecule has 0 bridgehead atoms. The average Bonchev–Trinajstić information content (AvgIpc) is 2.84. The number of benzene rings is 2. The zero-order valence-electron chi connectivity index (χ0n) is 17.2. The summed E-state index contributed by atoms with van der Waals surface area (Å²) in [5, 5.41) is 5.61. The van der Waals surface area contributed by atoms with Gasteiger partial charge in [-0.25, -0.2) is 4.79 Å². The number of ether oxygens (including phenoxy) is 2. The Balaban J connectivity index is 1.75. The van der Waals surface area contributed by atoms with Gasteiger partial charge >= 0.3 is 6.03 Å². The molecule has 3 amide bonds. The highest BCUT2D eigenvalue weighted by atomic mass is 16.5. The van der Waals surface area contributed by atoms with Crippen LogP contribution in [0.25, 0.3) is 0 Å². The molecule has 0 aromatic heterocycles. The summed E-state index contributed by atoms with van der Waals surface area (Å²) in [5.41, 5.74) is 2.11. The van der Waals surface area contributed by atoms with Crippen molar-refractivity contribution in [1.82, 2.24) is 4.90 Å². The highest BCUT2D eigenvalue weighted by molar-refractivity contribution is 6.00. The predicted octanol–water partition coefficient (Wildman–Crippen LogP) is 4.25. The van der Waals surface area contributed by atoms with Crippen LogP contribution in [0.1, 0.15) is 32.8 Å². The quantitative estimate of drug-likeness (QED) is 0.791. The second kappa shape index (κ2) is 8.86. The molecule has 0 saturated heterocycles. The van der Waals surface area contributed by atoms with E-state index in [1.807, 2.05) is 17.9 Å². The molecule has 1 aliphatic heterocycles. The minimum atomic E-state index is -0.541. The van der Waals surface area contributed by atoms with Crippen molar-refractivity contribution in [1.29, 1.82) is 0 Å². The van der Waals surface area contributed by atoms with Crippen LogP contribution in [0.3, 0.4) is 0 Å². The van der Waals surface area contributed by atoms with Crippen LogP contribution in [0.15, 0.2) is 42.5 Å². The van der Waals surface area contributed by atoms with E-state index in [-0.39, 0.29) is 18.0 Å². The average molecular weight is 397 g/mol. The number of anilines is 2. The number of nitrogens with one attached hydrogen (secondary N) is 2. The van der Waals surface area contributed by atoms with Crippen molar-refractivity contribution >= 4 is 23.3 Å². The molecule has 2 N–H and O–H groups in total. The molecule has 0 saturated carbocycles. The number of amides is 3. The molecule has 0 aliphatic carbocycles. The van der Waals surface area contributed by atoms with E-state index < -0.39 is 6.10 Å². The topological polar surface area (TPSA) is 79.9 Å². The second-order valence-corrected chi connectivity index (χ2v) is 7.12. The van der Waals surface area contributed by atoms with E-state index >= 15 is 0 Å². The Bertz CT molecular complexity index is 899. The number of nitrogens with zero attached hydrogens (tertiary/aromatic N) is 1. The third-order valence-electron chi connectivity index (χ3n) is 5.04. The highest BCUT2D eigenvalue weighted by Crippen LogP contribution is 2.30. The predicted molar refractivity (Wildman–Crippen MR) is 112 cm³/mol. The van der Waals surface area contributed by atoms with Crippen molar-refractivity contribution in [3.05, 3.63) is 48.0 Å². The van der Waals surface area contributed by atoms with Crippen molar-refractivity contribution in [3.8, 4) is 11.5 Å². The van der Waals surface area contributed by atoms with Gasteiger partial charge in [0.25, 0.3) is 5.91 Å². The molecule has 29 heavy (non-hydrogen) atoms. The van der Waals surface area contributed by atoms with E-state index in [0.29, 0.717) is 29.4 Å². The number of fused-ring (bicyclic) bond motifs is 1. The van der Waals surface area contributed by atoms with Crippen LogP contribution in [0.5, 0.6) is 11.5 Å². The lowest BCUT2D eigenvalue weighted by molar-refractivity contribution is -0.139. The summed E-state index contributed by atoms with van der Waals surface area (Å²) in [6.07, 6.45) is 0.315. The van der Waals surface area contributed by atoms with Gasteiger partial charge in [0.05, 0.1) is 7.11 Å². The monoisotopic (exact) mass is 397 g/mol. The first-order chi connectivity index (χ1) is 13.9. The lowest BCUT2D eigenvalue weighted by Gasteiger charge is -2.28. The summed E-state index contributed by atoms with van der Waals surface area (Å²) >= 11 is 0. The van der Waals surface area contributed by atoms with Gasteiger partial charge in [-0.15, -0.1) is 0 Å². The van der Waals surface area contributed by atoms with Crippen LogP contribution in [0.2, 0.25) is 0 Å². The Morgan fingerprint density at radius 1 is 1.24 bits per heavy atom. The maximum Gasteiger partial charge on any atom is 0.323 e. The lowest BCUT2D eigenvalue weighted by atomic mass is 10.1. The van der Waals surface area contributed by atoms with Crippen LogP contribution in [0, 0.1) is 0 Å². The minimum absolute atomic E-state index is 0.0270. The molecule has 2 aromatic rings. The molecule has 7 heteroatoms. The Morgan fingerprint density at radius 3 is 2.66 bits per heavy atom. The lowest BCUT2D eigenvalue weighted by Crippen LogP contribution is -2.42. The third kappa shape index (κ3) is 4.80. The van der Waals surface area contributed by atoms with Crippen molar-refractivity contribution in [2.24, 2.45) is 0 Å².